The van der Waals surface area contributed by atoms with E-state index in [4.69, 9.17) is 28.2 Å². The van der Waals surface area contributed by atoms with E-state index in [2.05, 4.69) is 15.0 Å². The first-order valence-corrected chi connectivity index (χ1v) is 10.7. The van der Waals surface area contributed by atoms with Crippen molar-refractivity contribution in [3.8, 4) is 22.6 Å². The quantitative estimate of drug-likeness (QED) is 0.296. The van der Waals surface area contributed by atoms with Crippen LogP contribution in [0.25, 0.3) is 11.1 Å². The van der Waals surface area contributed by atoms with Gasteiger partial charge in [0, 0.05) is 29.1 Å². The number of halogens is 4. The number of nitrogens with two attached hydrogens (primary N) is 1. The first kappa shape index (κ1) is 23.4. The molecule has 2 aliphatic heterocycles. The number of aromatic nitrogens is 2. The van der Waals surface area contributed by atoms with Crippen LogP contribution in [-0.4, -0.2) is 41.1 Å². The van der Waals surface area contributed by atoms with Gasteiger partial charge in [-0.15, -0.1) is 0 Å². The predicted octanol–water partition coefficient (Wildman–Crippen LogP) is 3.37. The van der Waals surface area contributed by atoms with E-state index in [-0.39, 0.29) is 18.4 Å². The number of amidine groups is 1. The van der Waals surface area contributed by atoms with Gasteiger partial charge in [0.05, 0.1) is 0 Å². The molecule has 0 bridgehead atoms. The molecule has 9 nitrogen and oxygen atoms in total. The average molecular weight is 498 g/mol. The van der Waals surface area contributed by atoms with Crippen LogP contribution in [0.1, 0.15) is 11.1 Å². The van der Waals surface area contributed by atoms with Crippen LogP contribution in [0.5, 0.6) is 11.5 Å². The fourth-order valence-corrected chi connectivity index (χ4v) is 3.47. The second-order valence-corrected chi connectivity index (χ2v) is 8.49. The molecule has 0 amide bonds. The molecular formula is C20H14F4N4O5S. The first-order valence-electron chi connectivity index (χ1n) is 9.31. The monoisotopic (exact) mass is 498 g/mol. The molecule has 14 heteroatoms. The van der Waals surface area contributed by atoms with Crippen LogP contribution in [0.3, 0.4) is 0 Å². The van der Waals surface area contributed by atoms with Crippen molar-refractivity contribution in [3.63, 3.8) is 0 Å². The SMILES string of the molecule is NC1=N[C@@]2(CO1)c1cc(-c3cncnc3)ccc1Oc1c(F)cccc12.O=S(=O)(O)C(F)(F)F. The van der Waals surface area contributed by atoms with Gasteiger partial charge in [-0.2, -0.15) is 21.6 Å². The van der Waals surface area contributed by atoms with Crippen molar-refractivity contribution in [2.24, 2.45) is 10.7 Å². The Hall–Kier alpha value is -3.78. The smallest absolute Gasteiger partial charge is 0.462 e. The largest absolute Gasteiger partial charge is 0.522 e. The van der Waals surface area contributed by atoms with Gasteiger partial charge in [-0.05, 0) is 23.8 Å². The number of aliphatic imine (C=N–C) groups is 1. The lowest BCUT2D eigenvalue weighted by Crippen LogP contribution is -2.31. The molecule has 2 aromatic carbocycles. The molecule has 34 heavy (non-hydrogen) atoms. The summed E-state index contributed by atoms with van der Waals surface area (Å²) >= 11 is 0. The summed E-state index contributed by atoms with van der Waals surface area (Å²) in [6.07, 6.45) is 4.92. The van der Waals surface area contributed by atoms with Gasteiger partial charge >= 0.3 is 15.6 Å². The highest BCUT2D eigenvalue weighted by Gasteiger charge is 2.48. The third-order valence-electron chi connectivity index (χ3n) is 4.97. The molecule has 3 heterocycles. The Morgan fingerprint density at radius 2 is 1.74 bits per heavy atom. The minimum absolute atomic E-state index is 0.0708. The van der Waals surface area contributed by atoms with Crippen LogP contribution in [0, 0.1) is 5.82 Å². The summed E-state index contributed by atoms with van der Waals surface area (Å²) < 4.78 is 83.2. The lowest BCUT2D eigenvalue weighted by Gasteiger charge is -2.33. The summed E-state index contributed by atoms with van der Waals surface area (Å²) in [5.41, 5.74) is 2.44. The molecule has 0 radical (unpaired) electrons. The van der Waals surface area contributed by atoms with Crippen LogP contribution in [0.2, 0.25) is 0 Å². The van der Waals surface area contributed by atoms with Crippen molar-refractivity contribution < 1.29 is 40.0 Å². The minimum atomic E-state index is -5.84. The zero-order valence-corrected chi connectivity index (χ0v) is 17.6. The zero-order chi connectivity index (χ0) is 24.7. The van der Waals surface area contributed by atoms with E-state index >= 15 is 0 Å². The topological polar surface area (TPSA) is 137 Å². The summed E-state index contributed by atoms with van der Waals surface area (Å²) in [5.74, 6) is 0.219. The maximum absolute atomic E-state index is 14.4. The number of nitrogens with zero attached hydrogens (tertiary/aromatic N) is 3. The highest BCUT2D eigenvalue weighted by Crippen LogP contribution is 2.52. The van der Waals surface area contributed by atoms with Crippen LogP contribution < -0.4 is 10.5 Å². The zero-order valence-electron chi connectivity index (χ0n) is 16.8. The molecule has 2 aliphatic rings. The summed E-state index contributed by atoms with van der Waals surface area (Å²) in [7, 11) is -5.84. The predicted molar refractivity (Wildman–Crippen MR) is 110 cm³/mol. The molecule has 1 atom stereocenters. The van der Waals surface area contributed by atoms with E-state index in [1.54, 1.807) is 30.6 Å². The van der Waals surface area contributed by atoms with Gasteiger partial charge in [0.2, 0.25) is 0 Å². The van der Waals surface area contributed by atoms with E-state index in [1.165, 1.54) is 12.4 Å². The number of alkyl halides is 3. The average Bonchev–Trinajstić information content (AvgIpc) is 3.16. The molecule has 5 rings (SSSR count). The fraction of sp³-hybridized carbons (Fsp3) is 0.150. The van der Waals surface area contributed by atoms with Crippen LogP contribution in [-0.2, 0) is 20.4 Å². The standard InChI is InChI=1S/C19H13FN4O2.CHF3O3S/c20-15-3-1-2-13-17(15)26-16-5-4-11(12-7-22-10-23-8-12)6-14(16)19(13)9-25-18(21)24-19;2-1(3,4)8(5,6)7/h1-8,10H,9H2,(H2,21,24);(H,5,6,7)/t19-;/m1./s1. The highest BCUT2D eigenvalue weighted by molar-refractivity contribution is 7.86. The van der Waals surface area contributed by atoms with E-state index in [0.717, 1.165) is 16.7 Å². The fourth-order valence-electron chi connectivity index (χ4n) is 3.47. The lowest BCUT2D eigenvalue weighted by molar-refractivity contribution is -0.0510. The Bertz CT molecular complexity index is 1380. The van der Waals surface area contributed by atoms with Crippen molar-refractivity contribution in [1.29, 1.82) is 0 Å². The molecule has 1 aromatic heterocycles. The Morgan fingerprint density at radius 1 is 1.06 bits per heavy atom. The van der Waals surface area contributed by atoms with Gasteiger partial charge in [-0.3, -0.25) is 4.55 Å². The van der Waals surface area contributed by atoms with Gasteiger partial charge < -0.3 is 15.2 Å². The number of rotatable bonds is 1. The molecule has 3 N–H and O–H groups in total. The Kier molecular flexibility index (Phi) is 5.65. The molecule has 178 valence electrons. The third kappa shape index (κ3) is 4.12. The van der Waals surface area contributed by atoms with E-state index in [0.29, 0.717) is 11.3 Å². The number of ether oxygens (including phenoxy) is 2. The molecule has 0 saturated carbocycles. The molecule has 3 aromatic rings. The van der Waals surface area contributed by atoms with Crippen molar-refractivity contribution in [2.45, 2.75) is 11.0 Å². The van der Waals surface area contributed by atoms with Crippen LogP contribution in [0.4, 0.5) is 17.6 Å². The Morgan fingerprint density at radius 3 is 2.32 bits per heavy atom. The Balaban J connectivity index is 0.000000297. The molecule has 0 aliphatic carbocycles. The van der Waals surface area contributed by atoms with Gasteiger partial charge in [-0.25, -0.2) is 19.4 Å². The molecule has 0 saturated heterocycles. The summed E-state index contributed by atoms with van der Waals surface area (Å²) in [5, 5.41) is 0. The van der Waals surface area contributed by atoms with E-state index in [9.17, 15) is 17.6 Å². The normalized spacial score (nSPS) is 18.6. The number of hydrogen-bond acceptors (Lipinski definition) is 8. The number of para-hydroxylation sites is 1. The van der Waals surface area contributed by atoms with E-state index in [1.807, 2.05) is 12.1 Å². The second kappa shape index (κ2) is 8.22. The van der Waals surface area contributed by atoms with Gasteiger partial charge in [0.1, 0.15) is 18.7 Å². The van der Waals surface area contributed by atoms with Gasteiger partial charge in [0.15, 0.2) is 17.1 Å². The first-order chi connectivity index (χ1) is 15.9. The molecule has 0 unspecified atom stereocenters. The van der Waals surface area contributed by atoms with Crippen molar-refractivity contribution in [2.75, 3.05) is 6.61 Å². The number of hydrogen-bond donors (Lipinski definition) is 2. The maximum atomic E-state index is 14.4. The molecular weight excluding hydrogens is 484 g/mol. The van der Waals surface area contributed by atoms with Gasteiger partial charge in [0.25, 0.3) is 6.02 Å². The van der Waals surface area contributed by atoms with Gasteiger partial charge in [-0.1, -0.05) is 18.2 Å². The third-order valence-corrected chi connectivity index (χ3v) is 5.55. The highest BCUT2D eigenvalue weighted by atomic mass is 32.2. The lowest BCUT2D eigenvalue weighted by atomic mass is 9.80. The van der Waals surface area contributed by atoms with Crippen molar-refractivity contribution in [1.82, 2.24) is 9.97 Å². The van der Waals surface area contributed by atoms with Crippen molar-refractivity contribution in [3.05, 3.63) is 72.1 Å². The van der Waals surface area contributed by atoms with Crippen LogP contribution in [0.15, 0.2) is 60.1 Å². The molecule has 1 spiro atoms. The summed E-state index contributed by atoms with van der Waals surface area (Å²) in [4.78, 5) is 12.6. The number of benzene rings is 2. The number of fused-ring (bicyclic) bond motifs is 4. The van der Waals surface area contributed by atoms with Crippen LogP contribution >= 0.6 is 0 Å². The Labute approximate surface area is 189 Å². The minimum Gasteiger partial charge on any atom is -0.462 e. The second-order valence-electron chi connectivity index (χ2n) is 7.08. The van der Waals surface area contributed by atoms with E-state index < -0.39 is 27.0 Å². The van der Waals surface area contributed by atoms with Crippen molar-refractivity contribution >= 4 is 16.1 Å². The summed E-state index contributed by atoms with van der Waals surface area (Å²) in [6, 6.07) is 10.4. The summed E-state index contributed by atoms with van der Waals surface area (Å²) in [6.45, 7) is 0.181. The maximum Gasteiger partial charge on any atom is 0.522 e. The molecule has 0 fully saturated rings.